The molecular formula is C24H23NO5. The smallest absolute Gasteiger partial charge is 0.338 e. The summed E-state index contributed by atoms with van der Waals surface area (Å²) in [6.45, 7) is 5.24. The fourth-order valence-electron chi connectivity index (χ4n) is 3.67. The number of rotatable bonds is 5. The lowest BCUT2D eigenvalue weighted by atomic mass is 10.0. The van der Waals surface area contributed by atoms with E-state index in [9.17, 15) is 14.4 Å². The Bertz CT molecular complexity index is 1180. The van der Waals surface area contributed by atoms with E-state index in [0.717, 1.165) is 35.0 Å². The van der Waals surface area contributed by atoms with Crippen LogP contribution in [0.15, 0.2) is 51.7 Å². The third-order valence-electron chi connectivity index (χ3n) is 5.54. The maximum absolute atomic E-state index is 12.5. The Morgan fingerprint density at radius 1 is 1.07 bits per heavy atom. The van der Waals surface area contributed by atoms with Gasteiger partial charge in [0.15, 0.2) is 0 Å². The maximum Gasteiger partial charge on any atom is 0.338 e. The second-order valence-electron chi connectivity index (χ2n) is 7.72. The summed E-state index contributed by atoms with van der Waals surface area (Å²) in [5.74, 6) is -0.299. The highest BCUT2D eigenvalue weighted by Crippen LogP contribution is 2.22. The molecule has 2 heterocycles. The van der Waals surface area contributed by atoms with Gasteiger partial charge in [-0.2, -0.15) is 0 Å². The van der Waals surface area contributed by atoms with Crippen LogP contribution in [-0.4, -0.2) is 23.3 Å². The zero-order valence-corrected chi connectivity index (χ0v) is 17.1. The lowest BCUT2D eigenvalue weighted by molar-refractivity contribution is -0.128. The second kappa shape index (κ2) is 8.14. The van der Waals surface area contributed by atoms with E-state index in [1.54, 1.807) is 12.1 Å². The highest BCUT2D eigenvalue weighted by Gasteiger charge is 2.20. The molecule has 0 N–H and O–H groups in total. The number of amides is 1. The average Bonchev–Trinajstić information content (AvgIpc) is 3.12. The minimum atomic E-state index is -0.474. The van der Waals surface area contributed by atoms with Crippen LogP contribution in [0.5, 0.6) is 0 Å². The van der Waals surface area contributed by atoms with Gasteiger partial charge in [0, 0.05) is 36.5 Å². The van der Waals surface area contributed by atoms with Crippen LogP contribution in [0.2, 0.25) is 0 Å². The summed E-state index contributed by atoms with van der Waals surface area (Å²) in [7, 11) is 0. The lowest BCUT2D eigenvalue weighted by Gasteiger charge is -2.15. The van der Waals surface area contributed by atoms with Gasteiger partial charge in [-0.1, -0.05) is 12.1 Å². The van der Waals surface area contributed by atoms with Gasteiger partial charge in [-0.15, -0.1) is 0 Å². The predicted molar refractivity (Wildman–Crippen MR) is 112 cm³/mol. The second-order valence-corrected chi connectivity index (χ2v) is 7.72. The van der Waals surface area contributed by atoms with Crippen molar-refractivity contribution >= 4 is 22.8 Å². The van der Waals surface area contributed by atoms with Crippen LogP contribution in [-0.2, 0) is 22.7 Å². The molecule has 0 unspecified atom stereocenters. The molecule has 1 aliphatic rings. The zero-order valence-electron chi connectivity index (χ0n) is 17.1. The normalized spacial score (nSPS) is 13.8. The van der Waals surface area contributed by atoms with Crippen LogP contribution in [0.1, 0.15) is 45.5 Å². The first kappa shape index (κ1) is 19.9. The molecule has 4 rings (SSSR count). The van der Waals surface area contributed by atoms with Gasteiger partial charge in [-0.25, -0.2) is 9.59 Å². The number of esters is 1. The van der Waals surface area contributed by atoms with Gasteiger partial charge in [-0.3, -0.25) is 4.79 Å². The van der Waals surface area contributed by atoms with Gasteiger partial charge >= 0.3 is 11.6 Å². The summed E-state index contributed by atoms with van der Waals surface area (Å²) >= 11 is 0. The van der Waals surface area contributed by atoms with E-state index in [4.69, 9.17) is 9.15 Å². The molecule has 0 aliphatic carbocycles. The summed E-state index contributed by atoms with van der Waals surface area (Å²) in [4.78, 5) is 37.9. The zero-order chi connectivity index (χ0) is 21.3. The van der Waals surface area contributed by atoms with Crippen LogP contribution in [0, 0.1) is 13.8 Å². The van der Waals surface area contributed by atoms with Gasteiger partial charge in [-0.05, 0) is 61.2 Å². The molecule has 0 atom stereocenters. The number of hydrogen-bond acceptors (Lipinski definition) is 5. The molecule has 2 aromatic carbocycles. The fraction of sp³-hybridized carbons (Fsp3) is 0.292. The van der Waals surface area contributed by atoms with Gasteiger partial charge in [0.1, 0.15) is 12.2 Å². The molecule has 6 nitrogen and oxygen atoms in total. The number of likely N-dealkylation sites (tertiary alicyclic amines) is 1. The first-order valence-corrected chi connectivity index (χ1v) is 9.98. The highest BCUT2D eigenvalue weighted by atomic mass is 16.5. The third kappa shape index (κ3) is 4.13. The predicted octanol–water partition coefficient (Wildman–Crippen LogP) is 3.89. The van der Waals surface area contributed by atoms with Gasteiger partial charge in [0.25, 0.3) is 0 Å². The van der Waals surface area contributed by atoms with Crippen molar-refractivity contribution in [2.75, 3.05) is 6.54 Å². The summed E-state index contributed by atoms with van der Waals surface area (Å²) < 4.78 is 10.7. The van der Waals surface area contributed by atoms with Crippen LogP contribution in [0.4, 0.5) is 0 Å². The van der Waals surface area contributed by atoms with Crippen LogP contribution in [0.3, 0.4) is 0 Å². The summed E-state index contributed by atoms with van der Waals surface area (Å²) in [5, 5.41) is 0.760. The number of hydrogen-bond donors (Lipinski definition) is 0. The highest BCUT2D eigenvalue weighted by molar-refractivity contribution is 5.90. The third-order valence-corrected chi connectivity index (χ3v) is 5.54. The molecule has 6 heteroatoms. The molecule has 1 saturated heterocycles. The number of carbonyl (C=O) groups is 2. The minimum absolute atomic E-state index is 0.0204. The molecule has 1 fully saturated rings. The Kier molecular flexibility index (Phi) is 5.40. The Hall–Kier alpha value is -3.41. The van der Waals surface area contributed by atoms with Crippen LogP contribution < -0.4 is 5.63 Å². The maximum atomic E-state index is 12.5. The summed E-state index contributed by atoms with van der Waals surface area (Å²) in [6, 6.07) is 12.2. The number of ether oxygens (including phenoxy) is 1. The average molecular weight is 405 g/mol. The van der Waals surface area contributed by atoms with E-state index >= 15 is 0 Å². The summed E-state index contributed by atoms with van der Waals surface area (Å²) in [6.07, 6.45) is 1.50. The van der Waals surface area contributed by atoms with E-state index in [1.807, 2.05) is 43.0 Å². The Morgan fingerprint density at radius 3 is 2.50 bits per heavy atom. The first-order valence-electron chi connectivity index (χ1n) is 9.98. The SMILES string of the molecule is Cc1cc2oc(=O)cc(COC(=O)c3ccc(CN4CCCC4=O)cc3)c2cc1C. The molecule has 0 radical (unpaired) electrons. The Morgan fingerprint density at radius 2 is 1.80 bits per heavy atom. The molecule has 0 spiro atoms. The van der Waals surface area contributed by atoms with Crippen molar-refractivity contribution in [1.29, 1.82) is 0 Å². The van der Waals surface area contributed by atoms with E-state index < -0.39 is 11.6 Å². The number of carbonyl (C=O) groups excluding carboxylic acids is 2. The van der Waals surface area contributed by atoms with E-state index in [1.165, 1.54) is 6.07 Å². The summed E-state index contributed by atoms with van der Waals surface area (Å²) in [5.41, 5.74) is 4.11. The number of fused-ring (bicyclic) bond motifs is 1. The quantitative estimate of drug-likeness (QED) is 0.475. The number of benzene rings is 2. The van der Waals surface area contributed by atoms with E-state index in [0.29, 0.717) is 29.7 Å². The monoisotopic (exact) mass is 405 g/mol. The van der Waals surface area contributed by atoms with Crippen LogP contribution in [0.25, 0.3) is 11.0 Å². The van der Waals surface area contributed by atoms with E-state index in [2.05, 4.69) is 0 Å². The van der Waals surface area contributed by atoms with Gasteiger partial charge in [0.2, 0.25) is 5.91 Å². The Labute approximate surface area is 174 Å². The Balaban J connectivity index is 1.46. The van der Waals surface area contributed by atoms with Crippen molar-refractivity contribution in [2.24, 2.45) is 0 Å². The van der Waals surface area contributed by atoms with Crippen molar-refractivity contribution < 1.29 is 18.7 Å². The van der Waals surface area contributed by atoms with Crippen molar-refractivity contribution in [3.05, 3.63) is 80.7 Å². The van der Waals surface area contributed by atoms with Crippen molar-refractivity contribution in [3.63, 3.8) is 0 Å². The van der Waals surface area contributed by atoms with Crippen LogP contribution >= 0.6 is 0 Å². The standard InChI is InChI=1S/C24H23NO5/c1-15-10-20-19(12-23(27)30-21(20)11-16(15)2)14-29-24(28)18-7-5-17(6-8-18)13-25-9-3-4-22(25)26/h5-8,10-12H,3-4,9,13-14H2,1-2H3. The molecule has 3 aromatic rings. The molecule has 0 bridgehead atoms. The van der Waals surface area contributed by atoms with Gasteiger partial charge in [0.05, 0.1) is 5.56 Å². The molecule has 1 aliphatic heterocycles. The molecular weight excluding hydrogens is 382 g/mol. The topological polar surface area (TPSA) is 76.8 Å². The van der Waals surface area contributed by atoms with Crippen molar-refractivity contribution in [1.82, 2.24) is 4.90 Å². The number of nitrogens with zero attached hydrogens (tertiary/aromatic N) is 1. The van der Waals surface area contributed by atoms with Gasteiger partial charge < -0.3 is 14.1 Å². The van der Waals surface area contributed by atoms with E-state index in [-0.39, 0.29) is 12.5 Å². The number of aryl methyl sites for hydroxylation is 2. The molecule has 1 amide bonds. The molecule has 1 aromatic heterocycles. The lowest BCUT2D eigenvalue weighted by Crippen LogP contribution is -2.23. The fourth-order valence-corrected chi connectivity index (χ4v) is 3.67. The molecule has 154 valence electrons. The minimum Gasteiger partial charge on any atom is -0.457 e. The first-order chi connectivity index (χ1) is 14.4. The molecule has 0 saturated carbocycles. The largest absolute Gasteiger partial charge is 0.457 e. The van der Waals surface area contributed by atoms with Crippen molar-refractivity contribution in [3.8, 4) is 0 Å². The van der Waals surface area contributed by atoms with Crippen molar-refractivity contribution in [2.45, 2.75) is 39.8 Å². The molecule has 30 heavy (non-hydrogen) atoms.